The Morgan fingerprint density at radius 2 is 2.05 bits per heavy atom. The Kier molecular flexibility index (Phi) is 4.61. The van der Waals surface area contributed by atoms with Crippen LogP contribution in [0.25, 0.3) is 0 Å². The van der Waals surface area contributed by atoms with Gasteiger partial charge in [-0.1, -0.05) is 19.8 Å². The molecule has 1 N–H and O–H groups in total. The van der Waals surface area contributed by atoms with E-state index in [-0.39, 0.29) is 0 Å². The third-order valence-corrected chi connectivity index (χ3v) is 5.97. The minimum absolute atomic E-state index is 0.494. The lowest BCUT2D eigenvalue weighted by Gasteiger charge is -2.21. The molecule has 1 saturated carbocycles. The summed E-state index contributed by atoms with van der Waals surface area (Å²) in [6.07, 6.45) is 9.46. The summed E-state index contributed by atoms with van der Waals surface area (Å²) in [5.41, 5.74) is 1.34. The van der Waals surface area contributed by atoms with Gasteiger partial charge in [0.05, 0.1) is 11.7 Å². The molecule has 1 fully saturated rings. The van der Waals surface area contributed by atoms with Gasteiger partial charge >= 0.3 is 0 Å². The zero-order valence-electron chi connectivity index (χ0n) is 12.8. The average Bonchev–Trinajstić information content (AvgIpc) is 3.08. The van der Waals surface area contributed by atoms with Crippen LogP contribution in [0.3, 0.4) is 0 Å². The van der Waals surface area contributed by atoms with Crippen LogP contribution in [-0.2, 0) is 6.42 Å². The standard InChI is InChI=1S/C16H27N3S/c1-3-17-13-9-6-10-14-15(13)18-16(20-14)19(2)11-12-7-4-5-8-12/h12-13,17H,3-11H2,1-2H3. The van der Waals surface area contributed by atoms with Gasteiger partial charge in [-0.05, 0) is 44.6 Å². The number of anilines is 1. The highest BCUT2D eigenvalue weighted by molar-refractivity contribution is 7.15. The second-order valence-corrected chi connectivity index (χ2v) is 7.40. The van der Waals surface area contributed by atoms with Crippen molar-refractivity contribution in [3.05, 3.63) is 10.6 Å². The van der Waals surface area contributed by atoms with Crippen LogP contribution in [0, 0.1) is 5.92 Å². The van der Waals surface area contributed by atoms with Gasteiger partial charge < -0.3 is 10.2 Å². The predicted octanol–water partition coefficient (Wildman–Crippen LogP) is 3.76. The molecular formula is C16H27N3S. The fourth-order valence-electron chi connectivity index (χ4n) is 3.67. The monoisotopic (exact) mass is 293 g/mol. The summed E-state index contributed by atoms with van der Waals surface area (Å²) in [7, 11) is 2.23. The Hall–Kier alpha value is -0.610. The minimum atomic E-state index is 0.494. The fourth-order valence-corrected chi connectivity index (χ4v) is 4.81. The minimum Gasteiger partial charge on any atom is -0.351 e. The number of hydrogen-bond acceptors (Lipinski definition) is 4. The molecule has 1 aromatic rings. The number of nitrogens with zero attached hydrogens (tertiary/aromatic N) is 2. The molecule has 0 spiro atoms. The van der Waals surface area contributed by atoms with Gasteiger partial charge in [-0.15, -0.1) is 11.3 Å². The molecule has 1 atom stereocenters. The second-order valence-electron chi connectivity index (χ2n) is 6.34. The van der Waals surface area contributed by atoms with Crippen molar-refractivity contribution < 1.29 is 0 Å². The second kappa shape index (κ2) is 6.44. The van der Waals surface area contributed by atoms with Crippen LogP contribution in [0.1, 0.15) is 62.1 Å². The number of hydrogen-bond donors (Lipinski definition) is 1. The molecule has 0 aliphatic heterocycles. The maximum atomic E-state index is 4.97. The van der Waals surface area contributed by atoms with Crippen molar-refractivity contribution in [1.29, 1.82) is 0 Å². The molecule has 2 aliphatic carbocycles. The van der Waals surface area contributed by atoms with Crippen molar-refractivity contribution >= 4 is 16.5 Å². The van der Waals surface area contributed by atoms with E-state index in [0.29, 0.717) is 6.04 Å². The molecule has 4 heteroatoms. The van der Waals surface area contributed by atoms with Crippen LogP contribution in [-0.4, -0.2) is 25.1 Å². The molecule has 0 amide bonds. The third kappa shape index (κ3) is 3.01. The Morgan fingerprint density at radius 1 is 1.25 bits per heavy atom. The SMILES string of the molecule is CCNC1CCCc2sc(N(C)CC3CCCC3)nc21. The van der Waals surface area contributed by atoms with Gasteiger partial charge in [0.25, 0.3) is 0 Å². The summed E-state index contributed by atoms with van der Waals surface area (Å²) in [6, 6.07) is 0.494. The molecule has 20 heavy (non-hydrogen) atoms. The molecule has 112 valence electrons. The largest absolute Gasteiger partial charge is 0.351 e. The predicted molar refractivity (Wildman–Crippen MR) is 86.7 cm³/mol. The summed E-state index contributed by atoms with van der Waals surface area (Å²) in [6.45, 7) is 4.42. The molecule has 0 radical (unpaired) electrons. The van der Waals surface area contributed by atoms with Crippen molar-refractivity contribution in [2.75, 3.05) is 25.0 Å². The topological polar surface area (TPSA) is 28.2 Å². The molecule has 1 aromatic heterocycles. The van der Waals surface area contributed by atoms with Crippen LogP contribution < -0.4 is 10.2 Å². The molecule has 1 unspecified atom stereocenters. The van der Waals surface area contributed by atoms with Gasteiger partial charge in [0.15, 0.2) is 5.13 Å². The van der Waals surface area contributed by atoms with Gasteiger partial charge in [-0.25, -0.2) is 4.98 Å². The lowest BCUT2D eigenvalue weighted by atomic mass is 9.98. The summed E-state index contributed by atoms with van der Waals surface area (Å²) in [4.78, 5) is 8.90. The Balaban J connectivity index is 1.70. The molecule has 0 bridgehead atoms. The van der Waals surface area contributed by atoms with E-state index in [1.54, 1.807) is 0 Å². The Labute approximate surface area is 126 Å². The molecule has 2 aliphatic rings. The zero-order chi connectivity index (χ0) is 13.9. The van der Waals surface area contributed by atoms with Crippen molar-refractivity contribution in [2.45, 2.75) is 57.9 Å². The van der Waals surface area contributed by atoms with Crippen molar-refractivity contribution in [3.63, 3.8) is 0 Å². The maximum absolute atomic E-state index is 4.97. The number of aryl methyl sites for hydroxylation is 1. The highest BCUT2D eigenvalue weighted by Gasteiger charge is 2.26. The van der Waals surface area contributed by atoms with Gasteiger partial charge in [0.2, 0.25) is 0 Å². The summed E-state index contributed by atoms with van der Waals surface area (Å²) >= 11 is 1.93. The number of aromatic nitrogens is 1. The fraction of sp³-hybridized carbons (Fsp3) is 0.812. The molecule has 3 rings (SSSR count). The van der Waals surface area contributed by atoms with E-state index in [9.17, 15) is 0 Å². The molecular weight excluding hydrogens is 266 g/mol. The number of nitrogens with one attached hydrogen (secondary N) is 1. The number of fused-ring (bicyclic) bond motifs is 1. The number of rotatable bonds is 5. The third-order valence-electron chi connectivity index (χ3n) is 4.73. The van der Waals surface area contributed by atoms with E-state index < -0.39 is 0 Å². The first kappa shape index (κ1) is 14.3. The smallest absolute Gasteiger partial charge is 0.185 e. The highest BCUT2D eigenvalue weighted by Crippen LogP contribution is 2.37. The van der Waals surface area contributed by atoms with E-state index in [2.05, 4.69) is 24.2 Å². The van der Waals surface area contributed by atoms with Gasteiger partial charge in [0.1, 0.15) is 0 Å². The van der Waals surface area contributed by atoms with Crippen molar-refractivity contribution in [1.82, 2.24) is 10.3 Å². The van der Waals surface area contributed by atoms with E-state index in [0.717, 1.165) is 12.5 Å². The number of thiazole rings is 1. The summed E-state index contributed by atoms with van der Waals surface area (Å²) in [5.74, 6) is 0.894. The zero-order valence-corrected chi connectivity index (χ0v) is 13.6. The molecule has 0 saturated heterocycles. The first-order valence-electron chi connectivity index (χ1n) is 8.22. The van der Waals surface area contributed by atoms with Crippen LogP contribution in [0.2, 0.25) is 0 Å². The van der Waals surface area contributed by atoms with Crippen molar-refractivity contribution in [3.8, 4) is 0 Å². The van der Waals surface area contributed by atoms with Gasteiger partial charge in [0, 0.05) is 18.5 Å². The van der Waals surface area contributed by atoms with E-state index in [1.165, 1.54) is 67.2 Å². The van der Waals surface area contributed by atoms with Crippen LogP contribution >= 0.6 is 11.3 Å². The Bertz CT molecular complexity index is 437. The van der Waals surface area contributed by atoms with E-state index in [4.69, 9.17) is 4.98 Å². The molecule has 3 nitrogen and oxygen atoms in total. The van der Waals surface area contributed by atoms with Gasteiger partial charge in [-0.2, -0.15) is 0 Å². The van der Waals surface area contributed by atoms with Gasteiger partial charge in [-0.3, -0.25) is 0 Å². The maximum Gasteiger partial charge on any atom is 0.185 e. The molecule has 1 heterocycles. The summed E-state index contributed by atoms with van der Waals surface area (Å²) in [5, 5.41) is 4.83. The van der Waals surface area contributed by atoms with E-state index in [1.807, 2.05) is 11.3 Å². The first-order valence-corrected chi connectivity index (χ1v) is 9.03. The van der Waals surface area contributed by atoms with Crippen LogP contribution in [0.4, 0.5) is 5.13 Å². The van der Waals surface area contributed by atoms with Crippen molar-refractivity contribution in [2.24, 2.45) is 5.92 Å². The van der Waals surface area contributed by atoms with Crippen LogP contribution in [0.5, 0.6) is 0 Å². The quantitative estimate of drug-likeness (QED) is 0.896. The van der Waals surface area contributed by atoms with E-state index >= 15 is 0 Å². The average molecular weight is 293 g/mol. The molecule has 0 aromatic carbocycles. The summed E-state index contributed by atoms with van der Waals surface area (Å²) < 4.78 is 0. The normalized spacial score (nSPS) is 23.0. The lowest BCUT2D eigenvalue weighted by molar-refractivity contribution is 0.465. The Morgan fingerprint density at radius 3 is 2.80 bits per heavy atom. The lowest BCUT2D eigenvalue weighted by Crippen LogP contribution is -2.25. The van der Waals surface area contributed by atoms with Crippen LogP contribution in [0.15, 0.2) is 0 Å². The highest BCUT2D eigenvalue weighted by atomic mass is 32.1. The first-order chi connectivity index (χ1) is 9.78.